The summed E-state index contributed by atoms with van der Waals surface area (Å²) < 4.78 is 5.37. The predicted molar refractivity (Wildman–Crippen MR) is 105 cm³/mol. The summed E-state index contributed by atoms with van der Waals surface area (Å²) >= 11 is 1.59. The van der Waals surface area contributed by atoms with Gasteiger partial charge in [-0.1, -0.05) is 27.2 Å². The summed E-state index contributed by atoms with van der Waals surface area (Å²) in [4.78, 5) is 30.8. The van der Waals surface area contributed by atoms with Gasteiger partial charge in [0.25, 0.3) is 0 Å². The van der Waals surface area contributed by atoms with E-state index in [1.54, 1.807) is 11.3 Å². The van der Waals surface area contributed by atoms with Gasteiger partial charge >= 0.3 is 5.97 Å². The number of hydrogen-bond donors (Lipinski definition) is 0. The van der Waals surface area contributed by atoms with Crippen molar-refractivity contribution in [2.75, 3.05) is 6.61 Å². The van der Waals surface area contributed by atoms with Crippen molar-refractivity contribution in [2.24, 2.45) is 16.3 Å². The van der Waals surface area contributed by atoms with E-state index in [1.165, 1.54) is 0 Å². The first kappa shape index (κ1) is 19.0. The minimum atomic E-state index is -0.336. The lowest BCUT2D eigenvalue weighted by atomic mass is 9.63. The van der Waals surface area contributed by atoms with Gasteiger partial charge in [0, 0.05) is 18.1 Å². The van der Waals surface area contributed by atoms with Gasteiger partial charge in [0.15, 0.2) is 0 Å². The van der Waals surface area contributed by atoms with Crippen molar-refractivity contribution in [1.29, 1.82) is 0 Å². The molecule has 1 fully saturated rings. The largest absolute Gasteiger partial charge is 0.463 e. The topological polar surface area (TPSA) is 55.7 Å². The number of Topliss-reactive ketones (excluding diaryl/α,β-unsaturated/α-hetero) is 1. The SMILES string of the molecule is CCCC1=C(C(=O)OCC)C(c2ccsc2)C2C(=O)CC(C)(C)CC2=N1. The van der Waals surface area contributed by atoms with Crippen LogP contribution in [0.1, 0.15) is 64.9 Å². The number of carbonyl (C=O) groups is 2. The minimum Gasteiger partial charge on any atom is -0.463 e. The molecule has 2 unspecified atom stereocenters. The van der Waals surface area contributed by atoms with E-state index in [2.05, 4.69) is 20.8 Å². The van der Waals surface area contributed by atoms with Crippen LogP contribution in [0.2, 0.25) is 0 Å². The lowest BCUT2D eigenvalue weighted by molar-refractivity contribution is -0.139. The molecule has 2 heterocycles. The number of allylic oxidation sites excluding steroid dienone is 1. The van der Waals surface area contributed by atoms with Crippen LogP contribution in [0.3, 0.4) is 0 Å². The summed E-state index contributed by atoms with van der Waals surface area (Å²) in [6, 6.07) is 2.02. The molecule has 0 N–H and O–H groups in total. The van der Waals surface area contributed by atoms with Crippen LogP contribution >= 0.6 is 11.3 Å². The summed E-state index contributed by atoms with van der Waals surface area (Å²) in [7, 11) is 0. The molecule has 0 spiro atoms. The number of ether oxygens (including phenoxy) is 1. The molecule has 0 radical (unpaired) electrons. The lowest BCUT2D eigenvalue weighted by Crippen LogP contribution is -2.44. The zero-order valence-corrected chi connectivity index (χ0v) is 16.8. The molecule has 0 bridgehead atoms. The maximum atomic E-state index is 13.1. The van der Waals surface area contributed by atoms with Crippen LogP contribution in [-0.4, -0.2) is 24.1 Å². The highest BCUT2D eigenvalue weighted by Gasteiger charge is 2.48. The fourth-order valence-electron chi connectivity index (χ4n) is 4.19. The molecule has 26 heavy (non-hydrogen) atoms. The van der Waals surface area contributed by atoms with Crippen molar-refractivity contribution in [3.05, 3.63) is 33.7 Å². The molecular weight excluding hydrogens is 346 g/mol. The molecule has 4 nitrogen and oxygen atoms in total. The summed E-state index contributed by atoms with van der Waals surface area (Å²) in [5, 5.41) is 4.05. The third-order valence-corrected chi connectivity index (χ3v) is 5.84. The molecule has 1 aromatic rings. The smallest absolute Gasteiger partial charge is 0.336 e. The van der Waals surface area contributed by atoms with Gasteiger partial charge in [-0.3, -0.25) is 9.79 Å². The standard InChI is InChI=1S/C21H27NO3S/c1-5-7-14-19(20(24)25-6-2)17(13-8-9-26-12-13)18-15(22-14)10-21(3,4)11-16(18)23/h8-9,12,17-18H,5-7,10-11H2,1-4H3. The van der Waals surface area contributed by atoms with Gasteiger partial charge in [0.1, 0.15) is 5.78 Å². The van der Waals surface area contributed by atoms with Gasteiger partial charge in [-0.05, 0) is 47.6 Å². The number of ketones is 1. The van der Waals surface area contributed by atoms with E-state index < -0.39 is 0 Å². The number of esters is 1. The number of fused-ring (bicyclic) bond motifs is 1. The van der Waals surface area contributed by atoms with E-state index in [0.29, 0.717) is 18.6 Å². The van der Waals surface area contributed by atoms with Crippen LogP contribution in [-0.2, 0) is 14.3 Å². The minimum absolute atomic E-state index is 0.0790. The van der Waals surface area contributed by atoms with Crippen LogP contribution < -0.4 is 0 Å². The monoisotopic (exact) mass is 373 g/mol. The molecule has 0 amide bonds. The van der Waals surface area contributed by atoms with E-state index in [4.69, 9.17) is 9.73 Å². The highest BCUT2D eigenvalue weighted by atomic mass is 32.1. The zero-order chi connectivity index (χ0) is 18.9. The van der Waals surface area contributed by atoms with Crippen molar-refractivity contribution < 1.29 is 14.3 Å². The Morgan fingerprint density at radius 2 is 2.08 bits per heavy atom. The van der Waals surface area contributed by atoms with E-state index in [1.807, 2.05) is 23.8 Å². The molecule has 1 aromatic heterocycles. The summed E-state index contributed by atoms with van der Waals surface area (Å²) in [6.45, 7) is 8.45. The number of thiophene rings is 1. The van der Waals surface area contributed by atoms with Gasteiger partial charge in [0.05, 0.1) is 23.8 Å². The zero-order valence-electron chi connectivity index (χ0n) is 16.0. The second-order valence-corrected chi connectivity index (χ2v) is 8.71. The maximum absolute atomic E-state index is 13.1. The first-order valence-electron chi connectivity index (χ1n) is 9.40. The fourth-order valence-corrected chi connectivity index (χ4v) is 4.89. The molecule has 3 rings (SSSR count). The summed E-state index contributed by atoms with van der Waals surface area (Å²) in [5.74, 6) is -0.739. The number of aliphatic imine (C=N–C) groups is 1. The van der Waals surface area contributed by atoms with Crippen LogP contribution in [0.15, 0.2) is 33.1 Å². The average Bonchev–Trinajstić information content (AvgIpc) is 3.07. The molecule has 140 valence electrons. The van der Waals surface area contributed by atoms with Crippen molar-refractivity contribution in [1.82, 2.24) is 0 Å². The second-order valence-electron chi connectivity index (χ2n) is 7.93. The molecule has 1 saturated carbocycles. The van der Waals surface area contributed by atoms with Crippen molar-refractivity contribution in [3.63, 3.8) is 0 Å². The second kappa shape index (κ2) is 7.47. The van der Waals surface area contributed by atoms with Crippen LogP contribution in [0, 0.1) is 11.3 Å². The maximum Gasteiger partial charge on any atom is 0.336 e. The van der Waals surface area contributed by atoms with Crippen LogP contribution in [0.5, 0.6) is 0 Å². The normalized spacial score (nSPS) is 24.9. The summed E-state index contributed by atoms with van der Waals surface area (Å²) in [5.41, 5.74) is 3.29. The Kier molecular flexibility index (Phi) is 5.47. The third-order valence-electron chi connectivity index (χ3n) is 5.14. The van der Waals surface area contributed by atoms with E-state index in [-0.39, 0.29) is 29.0 Å². The van der Waals surface area contributed by atoms with Crippen LogP contribution in [0.4, 0.5) is 0 Å². The van der Waals surface area contributed by atoms with E-state index >= 15 is 0 Å². The molecule has 1 aliphatic heterocycles. The summed E-state index contributed by atoms with van der Waals surface area (Å²) in [6.07, 6.45) is 2.94. The van der Waals surface area contributed by atoms with Crippen LogP contribution in [0.25, 0.3) is 0 Å². The van der Waals surface area contributed by atoms with E-state index in [9.17, 15) is 9.59 Å². The Bertz CT molecular complexity index is 758. The first-order valence-corrected chi connectivity index (χ1v) is 10.3. The average molecular weight is 374 g/mol. The number of rotatable bonds is 5. The fraction of sp³-hybridized carbons (Fsp3) is 0.571. The molecule has 1 aliphatic carbocycles. The Balaban J connectivity index is 2.18. The number of carbonyl (C=O) groups excluding carboxylic acids is 2. The molecule has 0 saturated heterocycles. The highest BCUT2D eigenvalue weighted by Crippen LogP contribution is 2.47. The van der Waals surface area contributed by atoms with Gasteiger partial charge in [0.2, 0.25) is 0 Å². The van der Waals surface area contributed by atoms with Gasteiger partial charge < -0.3 is 4.74 Å². The van der Waals surface area contributed by atoms with Gasteiger partial charge in [-0.2, -0.15) is 11.3 Å². The molecular formula is C21H27NO3S. The molecule has 0 aromatic carbocycles. The number of hydrogen-bond acceptors (Lipinski definition) is 5. The third kappa shape index (κ3) is 3.54. The molecule has 2 aliphatic rings. The quantitative estimate of drug-likeness (QED) is 0.689. The Labute approximate surface area is 159 Å². The van der Waals surface area contributed by atoms with Crippen molar-refractivity contribution >= 4 is 28.8 Å². The molecule has 2 atom stereocenters. The van der Waals surface area contributed by atoms with Crippen molar-refractivity contribution in [2.45, 2.75) is 59.3 Å². The van der Waals surface area contributed by atoms with Gasteiger partial charge in [-0.15, -0.1) is 0 Å². The Morgan fingerprint density at radius 1 is 1.31 bits per heavy atom. The lowest BCUT2D eigenvalue weighted by Gasteiger charge is -2.41. The van der Waals surface area contributed by atoms with E-state index in [0.717, 1.165) is 36.2 Å². The molecule has 5 heteroatoms. The van der Waals surface area contributed by atoms with Gasteiger partial charge in [-0.25, -0.2) is 4.79 Å². The first-order chi connectivity index (χ1) is 12.4. The Hall–Kier alpha value is -1.75. The predicted octanol–water partition coefficient (Wildman–Crippen LogP) is 4.91. The highest BCUT2D eigenvalue weighted by molar-refractivity contribution is 7.08. The van der Waals surface area contributed by atoms with Crippen molar-refractivity contribution in [3.8, 4) is 0 Å². The Morgan fingerprint density at radius 3 is 2.69 bits per heavy atom. The number of nitrogens with zero attached hydrogens (tertiary/aromatic N) is 1.